The van der Waals surface area contributed by atoms with Crippen LogP contribution in [0.2, 0.25) is 0 Å². The van der Waals surface area contributed by atoms with Crippen LogP contribution in [0.15, 0.2) is 22.9 Å². The fraction of sp³-hybridized carbons (Fsp3) is 0.500. The minimum atomic E-state index is -0.116. The molecule has 0 atom stereocenters. The number of hydrogen-bond acceptors (Lipinski definition) is 4. The molecule has 1 N–H and O–H groups in total. The summed E-state index contributed by atoms with van der Waals surface area (Å²) in [4.78, 5) is 17.9. The van der Waals surface area contributed by atoms with Gasteiger partial charge in [-0.3, -0.25) is 4.79 Å². The molecule has 0 fully saturated rings. The number of halogens is 1. The number of ether oxygens (including phenoxy) is 1. The Labute approximate surface area is 116 Å². The Morgan fingerprint density at radius 2 is 2.33 bits per heavy atom. The smallest absolute Gasteiger partial charge is 0.254 e. The van der Waals surface area contributed by atoms with E-state index in [0.29, 0.717) is 23.3 Å². The molecule has 1 aromatic rings. The number of pyridine rings is 1. The summed E-state index contributed by atoms with van der Waals surface area (Å²) in [6, 6.07) is 3.48. The van der Waals surface area contributed by atoms with Gasteiger partial charge in [0.05, 0.1) is 12.2 Å². The van der Waals surface area contributed by atoms with E-state index < -0.39 is 0 Å². The summed E-state index contributed by atoms with van der Waals surface area (Å²) in [6.45, 7) is 2.93. The number of nitrogens with zero attached hydrogens (tertiary/aromatic N) is 2. The summed E-state index contributed by atoms with van der Waals surface area (Å²) in [7, 11) is 3.67. The number of amides is 1. The molecule has 0 saturated carbocycles. The van der Waals surface area contributed by atoms with Crippen molar-refractivity contribution in [2.24, 2.45) is 0 Å². The van der Waals surface area contributed by atoms with Crippen molar-refractivity contribution in [1.82, 2.24) is 15.2 Å². The lowest BCUT2D eigenvalue weighted by Gasteiger charge is -2.16. The lowest BCUT2D eigenvalue weighted by molar-refractivity contribution is 0.0946. The number of aromatic nitrogens is 1. The third-order valence-corrected chi connectivity index (χ3v) is 3.09. The van der Waals surface area contributed by atoms with Crippen molar-refractivity contribution in [3.8, 4) is 0 Å². The molecule has 0 bridgehead atoms. The zero-order chi connectivity index (χ0) is 13.4. The standard InChI is InChI=1S/C12H18BrN3O2/c1-16(8-9-18-2)7-6-15-12(17)10-4-3-5-14-11(10)13/h3-5H,6-9H2,1-2H3,(H,15,17). The molecular formula is C12H18BrN3O2. The van der Waals surface area contributed by atoms with Crippen molar-refractivity contribution in [1.29, 1.82) is 0 Å². The average Bonchev–Trinajstić information content (AvgIpc) is 2.36. The largest absolute Gasteiger partial charge is 0.383 e. The zero-order valence-electron chi connectivity index (χ0n) is 10.6. The van der Waals surface area contributed by atoms with E-state index >= 15 is 0 Å². The molecule has 0 spiro atoms. The van der Waals surface area contributed by atoms with Gasteiger partial charge in [-0.25, -0.2) is 4.98 Å². The van der Waals surface area contributed by atoms with Gasteiger partial charge in [0.1, 0.15) is 4.60 Å². The van der Waals surface area contributed by atoms with Gasteiger partial charge in [0, 0.05) is 32.9 Å². The first kappa shape index (κ1) is 15.1. The Hall–Kier alpha value is -0.980. The molecule has 1 aromatic heterocycles. The molecule has 1 rings (SSSR count). The van der Waals surface area contributed by atoms with E-state index in [2.05, 4.69) is 31.1 Å². The van der Waals surface area contributed by atoms with Crippen LogP contribution in [0.4, 0.5) is 0 Å². The van der Waals surface area contributed by atoms with Crippen LogP contribution in [0.1, 0.15) is 10.4 Å². The lowest BCUT2D eigenvalue weighted by atomic mass is 10.3. The first-order valence-electron chi connectivity index (χ1n) is 5.71. The Kier molecular flexibility index (Phi) is 6.85. The van der Waals surface area contributed by atoms with E-state index in [-0.39, 0.29) is 5.91 Å². The van der Waals surface area contributed by atoms with Crippen LogP contribution in [0.25, 0.3) is 0 Å². The van der Waals surface area contributed by atoms with Crippen LogP contribution in [-0.2, 0) is 4.74 Å². The van der Waals surface area contributed by atoms with Crippen LogP contribution in [0.5, 0.6) is 0 Å². The second-order valence-electron chi connectivity index (χ2n) is 3.89. The van der Waals surface area contributed by atoms with Crippen molar-refractivity contribution >= 4 is 21.8 Å². The van der Waals surface area contributed by atoms with Crippen LogP contribution in [0, 0.1) is 0 Å². The predicted octanol–water partition coefficient (Wildman–Crippen LogP) is 1.15. The molecule has 0 saturated heterocycles. The monoisotopic (exact) mass is 315 g/mol. The number of rotatable bonds is 7. The van der Waals surface area contributed by atoms with Crippen molar-refractivity contribution < 1.29 is 9.53 Å². The summed E-state index contributed by atoms with van der Waals surface area (Å²) < 4.78 is 5.55. The van der Waals surface area contributed by atoms with Gasteiger partial charge < -0.3 is 15.0 Å². The highest BCUT2D eigenvalue weighted by Gasteiger charge is 2.09. The Balaban J connectivity index is 2.32. The van der Waals surface area contributed by atoms with Gasteiger partial charge in [0.15, 0.2) is 0 Å². The SMILES string of the molecule is COCCN(C)CCNC(=O)c1cccnc1Br. The lowest BCUT2D eigenvalue weighted by Crippen LogP contribution is -2.34. The van der Waals surface area contributed by atoms with E-state index in [1.165, 1.54) is 0 Å². The summed E-state index contributed by atoms with van der Waals surface area (Å²) in [5.41, 5.74) is 0.553. The molecular weight excluding hydrogens is 298 g/mol. The van der Waals surface area contributed by atoms with E-state index in [1.807, 2.05) is 7.05 Å². The third kappa shape index (κ3) is 5.12. The second-order valence-corrected chi connectivity index (χ2v) is 4.64. The molecule has 0 aliphatic carbocycles. The Morgan fingerprint density at radius 1 is 1.56 bits per heavy atom. The molecule has 0 aromatic carbocycles. The van der Waals surface area contributed by atoms with E-state index in [4.69, 9.17) is 4.74 Å². The molecule has 100 valence electrons. The maximum Gasteiger partial charge on any atom is 0.254 e. The summed E-state index contributed by atoms with van der Waals surface area (Å²) in [5.74, 6) is -0.116. The fourth-order valence-electron chi connectivity index (χ4n) is 1.37. The molecule has 1 amide bonds. The van der Waals surface area contributed by atoms with Crippen LogP contribution >= 0.6 is 15.9 Å². The highest BCUT2D eigenvalue weighted by atomic mass is 79.9. The molecule has 0 aliphatic rings. The number of carbonyl (C=O) groups excluding carboxylic acids is 1. The molecule has 6 heteroatoms. The van der Waals surface area contributed by atoms with E-state index in [9.17, 15) is 4.79 Å². The van der Waals surface area contributed by atoms with Crippen molar-refractivity contribution in [3.05, 3.63) is 28.5 Å². The van der Waals surface area contributed by atoms with Crippen LogP contribution in [0.3, 0.4) is 0 Å². The molecule has 0 aliphatic heterocycles. The van der Waals surface area contributed by atoms with Gasteiger partial charge in [-0.1, -0.05) is 0 Å². The van der Waals surface area contributed by atoms with Gasteiger partial charge in [0.25, 0.3) is 5.91 Å². The predicted molar refractivity (Wildman–Crippen MR) is 73.6 cm³/mol. The van der Waals surface area contributed by atoms with Crippen LogP contribution in [-0.4, -0.2) is 56.2 Å². The molecule has 0 unspecified atom stereocenters. The van der Waals surface area contributed by atoms with Gasteiger partial charge in [-0.2, -0.15) is 0 Å². The highest BCUT2D eigenvalue weighted by molar-refractivity contribution is 9.10. The number of likely N-dealkylation sites (N-methyl/N-ethyl adjacent to an activating group) is 1. The quantitative estimate of drug-likeness (QED) is 0.767. The second kappa shape index (κ2) is 8.18. The minimum absolute atomic E-state index is 0.116. The summed E-state index contributed by atoms with van der Waals surface area (Å²) >= 11 is 3.25. The molecule has 1 heterocycles. The maximum absolute atomic E-state index is 11.8. The molecule has 18 heavy (non-hydrogen) atoms. The number of methoxy groups -OCH3 is 1. The highest BCUT2D eigenvalue weighted by Crippen LogP contribution is 2.11. The zero-order valence-corrected chi connectivity index (χ0v) is 12.2. The van der Waals surface area contributed by atoms with Gasteiger partial charge in [-0.05, 0) is 35.1 Å². The summed E-state index contributed by atoms with van der Waals surface area (Å²) in [5, 5.41) is 2.86. The van der Waals surface area contributed by atoms with Gasteiger partial charge >= 0.3 is 0 Å². The first-order valence-corrected chi connectivity index (χ1v) is 6.50. The summed E-state index contributed by atoms with van der Waals surface area (Å²) in [6.07, 6.45) is 1.64. The normalized spacial score (nSPS) is 10.7. The Bertz CT molecular complexity index is 387. The first-order chi connectivity index (χ1) is 8.65. The molecule has 5 nitrogen and oxygen atoms in total. The Morgan fingerprint density at radius 3 is 3.00 bits per heavy atom. The molecule has 0 radical (unpaired) electrons. The number of nitrogens with one attached hydrogen (secondary N) is 1. The number of hydrogen-bond donors (Lipinski definition) is 1. The van der Waals surface area contributed by atoms with Crippen molar-refractivity contribution in [3.63, 3.8) is 0 Å². The van der Waals surface area contributed by atoms with Crippen molar-refractivity contribution in [2.75, 3.05) is 40.4 Å². The fourth-order valence-corrected chi connectivity index (χ4v) is 1.80. The van der Waals surface area contributed by atoms with Crippen LogP contribution < -0.4 is 5.32 Å². The average molecular weight is 316 g/mol. The van der Waals surface area contributed by atoms with E-state index in [0.717, 1.165) is 13.1 Å². The minimum Gasteiger partial charge on any atom is -0.383 e. The third-order valence-electron chi connectivity index (χ3n) is 2.46. The maximum atomic E-state index is 11.8. The van der Waals surface area contributed by atoms with Gasteiger partial charge in [-0.15, -0.1) is 0 Å². The number of carbonyl (C=O) groups is 1. The van der Waals surface area contributed by atoms with Gasteiger partial charge in [0.2, 0.25) is 0 Å². The topological polar surface area (TPSA) is 54.5 Å². The van der Waals surface area contributed by atoms with Crippen molar-refractivity contribution in [2.45, 2.75) is 0 Å². The van der Waals surface area contributed by atoms with E-state index in [1.54, 1.807) is 25.4 Å².